The number of allylic oxidation sites excluding steroid dienone is 1. The molecule has 3 heterocycles. The van der Waals surface area contributed by atoms with Gasteiger partial charge < -0.3 is 30.0 Å². The van der Waals surface area contributed by atoms with Crippen molar-refractivity contribution >= 4 is 52.6 Å². The van der Waals surface area contributed by atoms with E-state index >= 15 is 0 Å². The molecule has 1 aromatic rings. The van der Waals surface area contributed by atoms with Gasteiger partial charge in [0, 0.05) is 11.1 Å². The van der Waals surface area contributed by atoms with Crippen molar-refractivity contribution in [3.8, 4) is 0 Å². The molecule has 0 radical (unpaired) electrons. The van der Waals surface area contributed by atoms with E-state index in [1.807, 2.05) is 0 Å². The molecule has 1 unspecified atom stereocenters. The maximum atomic E-state index is 12.6. The number of aliphatic carboxylic acids is 2. The zero-order valence-electron chi connectivity index (χ0n) is 16.5. The number of hydrogen-bond acceptors (Lipinski definition) is 11. The van der Waals surface area contributed by atoms with Crippen molar-refractivity contribution in [1.82, 2.24) is 15.2 Å². The third-order valence-electron chi connectivity index (χ3n) is 3.95. The number of thiazole rings is 1. The number of carboxylic acid groups (broad SMARTS) is 2. The molecule has 11 nitrogen and oxygen atoms in total. The van der Waals surface area contributed by atoms with E-state index in [2.05, 4.69) is 26.9 Å². The summed E-state index contributed by atoms with van der Waals surface area (Å²) in [6.07, 6.45) is 1.34. The van der Waals surface area contributed by atoms with E-state index < -0.39 is 41.8 Å². The number of β-lactam (4-membered cyclic amide) rings is 1. The molecule has 0 aromatic carbocycles. The zero-order chi connectivity index (χ0) is 21.1. The number of carbonyl (C=O) groups is 4. The molecule has 1 fully saturated rings. The van der Waals surface area contributed by atoms with Crippen LogP contribution in [0.2, 0.25) is 0 Å². The smallest absolute Gasteiger partial charge is 0.546 e. The molecule has 0 spiro atoms. The Morgan fingerprint density at radius 2 is 2.10 bits per heavy atom. The molecule has 0 bridgehead atoms. The maximum Gasteiger partial charge on any atom is 1.00 e. The van der Waals surface area contributed by atoms with Gasteiger partial charge in [-0.1, -0.05) is 17.8 Å². The van der Waals surface area contributed by atoms with Crippen LogP contribution in [0.5, 0.6) is 0 Å². The number of thioether (sulfide) groups is 1. The molecule has 1 aromatic heterocycles. The van der Waals surface area contributed by atoms with Crippen LogP contribution in [0.1, 0.15) is 5.69 Å². The third-order valence-corrected chi connectivity index (χ3v) is 5.84. The molecule has 152 valence electrons. The van der Waals surface area contributed by atoms with Crippen LogP contribution < -0.4 is 74.6 Å². The van der Waals surface area contributed by atoms with E-state index in [0.29, 0.717) is 5.57 Å². The second kappa shape index (κ2) is 12.2. The van der Waals surface area contributed by atoms with Crippen molar-refractivity contribution < 1.29 is 93.3 Å². The molecule has 2 amide bonds. The Hall–Kier alpha value is -1.19. The Kier molecular flexibility index (Phi) is 10.9. The number of carbonyl (C=O) groups excluding carboxylic acids is 4. The minimum absolute atomic E-state index is 0. The number of oxime groups is 1. The van der Waals surface area contributed by atoms with Gasteiger partial charge in [0.2, 0.25) is 0 Å². The van der Waals surface area contributed by atoms with Crippen LogP contribution in [0.25, 0.3) is 0 Å². The zero-order valence-corrected chi connectivity index (χ0v) is 22.2. The molecule has 15 heteroatoms. The molecular weight excluding hydrogens is 470 g/mol. The first-order valence-electron chi connectivity index (χ1n) is 7.96. The van der Waals surface area contributed by atoms with Crippen LogP contribution in [0.3, 0.4) is 0 Å². The van der Waals surface area contributed by atoms with Crippen LogP contribution in [-0.4, -0.2) is 63.1 Å². The molecule has 2 atom stereocenters. The standard InChI is InChI=1S/C16H14N4O7S2.2Na/c1-2-7-4-29-15-11(14(24)20(15)12(7)16(25)26)18-13(23)10(8-5-28-6-17-8)19-27-3-9(21)22;;/h2,5-6,11,15H,1,3-4H2,(H,18,23)(H,21,22)(H,25,26);;/q;2*+1/p-2/b19-10-;;/t11?,15-;;/m1../s1. The number of amides is 2. The summed E-state index contributed by atoms with van der Waals surface area (Å²) in [6.45, 7) is 2.66. The van der Waals surface area contributed by atoms with Crippen molar-refractivity contribution in [3.63, 3.8) is 0 Å². The first-order valence-corrected chi connectivity index (χ1v) is 9.95. The first-order chi connectivity index (χ1) is 13.8. The van der Waals surface area contributed by atoms with Gasteiger partial charge in [-0.25, -0.2) is 4.98 Å². The van der Waals surface area contributed by atoms with Gasteiger partial charge in [-0.15, -0.1) is 23.1 Å². The van der Waals surface area contributed by atoms with Crippen LogP contribution >= 0.6 is 23.1 Å². The van der Waals surface area contributed by atoms with Gasteiger partial charge in [-0.2, -0.15) is 0 Å². The number of nitrogens with zero attached hydrogens (tertiary/aromatic N) is 3. The number of hydrogen-bond donors (Lipinski definition) is 1. The van der Waals surface area contributed by atoms with E-state index in [9.17, 15) is 29.4 Å². The van der Waals surface area contributed by atoms with Crippen LogP contribution in [-0.2, 0) is 24.0 Å². The molecule has 2 aliphatic rings. The molecule has 0 saturated carbocycles. The predicted octanol–water partition coefficient (Wildman–Crippen LogP) is -8.79. The second-order valence-corrected chi connectivity index (χ2v) is 7.51. The Morgan fingerprint density at radius 3 is 2.65 bits per heavy atom. The fraction of sp³-hybridized carbons (Fsp3) is 0.250. The number of nitrogens with one attached hydrogen (secondary N) is 1. The van der Waals surface area contributed by atoms with Crippen molar-refractivity contribution in [2.24, 2.45) is 5.16 Å². The molecular formula is C16H12N4Na2O7S2. The van der Waals surface area contributed by atoms with Crippen LogP contribution in [0, 0.1) is 0 Å². The van der Waals surface area contributed by atoms with Crippen molar-refractivity contribution in [2.75, 3.05) is 12.4 Å². The van der Waals surface area contributed by atoms with Crippen molar-refractivity contribution in [2.45, 2.75) is 11.4 Å². The number of carboxylic acids is 2. The Balaban J connectivity index is 0.00000240. The average Bonchev–Trinajstić information content (AvgIpc) is 3.21. The van der Waals surface area contributed by atoms with E-state index in [-0.39, 0.29) is 82.0 Å². The SMILES string of the molecule is C=CC1=C(C(=O)[O-])N2C(=O)C(NC(=O)/C(=N\OCC(=O)[O-])c3cscn3)[C@H]2SC1.[Na+].[Na+]. The van der Waals surface area contributed by atoms with Crippen LogP contribution in [0.4, 0.5) is 0 Å². The monoisotopic (exact) mass is 482 g/mol. The van der Waals surface area contributed by atoms with E-state index in [0.717, 1.165) is 4.90 Å². The Morgan fingerprint density at radius 1 is 1.39 bits per heavy atom. The molecule has 3 rings (SSSR count). The number of rotatable bonds is 8. The molecule has 1 N–H and O–H groups in total. The van der Waals surface area contributed by atoms with Gasteiger partial charge >= 0.3 is 59.1 Å². The second-order valence-electron chi connectivity index (χ2n) is 5.69. The quantitative estimate of drug-likeness (QED) is 0.164. The van der Waals surface area contributed by atoms with Gasteiger partial charge in [-0.3, -0.25) is 14.5 Å². The summed E-state index contributed by atoms with van der Waals surface area (Å²) in [6, 6.07) is -1.02. The van der Waals surface area contributed by atoms with Crippen molar-refractivity contribution in [3.05, 3.63) is 40.5 Å². The van der Waals surface area contributed by atoms with Gasteiger partial charge in [-0.05, 0) is 5.57 Å². The van der Waals surface area contributed by atoms with E-state index in [4.69, 9.17) is 0 Å². The third kappa shape index (κ3) is 5.99. The molecule has 2 aliphatic heterocycles. The topological polar surface area (TPSA) is 164 Å². The Bertz CT molecular complexity index is 952. The van der Waals surface area contributed by atoms with E-state index in [1.165, 1.54) is 40.1 Å². The fourth-order valence-corrected chi connectivity index (χ4v) is 4.56. The summed E-state index contributed by atoms with van der Waals surface area (Å²) in [5.41, 5.74) is 1.30. The maximum absolute atomic E-state index is 12.6. The number of fused-ring (bicyclic) bond motifs is 1. The minimum atomic E-state index is -1.53. The predicted molar refractivity (Wildman–Crippen MR) is 96.9 cm³/mol. The first kappa shape index (κ1) is 27.8. The fourth-order valence-electron chi connectivity index (χ4n) is 2.68. The minimum Gasteiger partial charge on any atom is -0.546 e. The Labute approximate surface area is 228 Å². The van der Waals surface area contributed by atoms with E-state index in [1.54, 1.807) is 0 Å². The van der Waals surface area contributed by atoms with Gasteiger partial charge in [0.05, 0.1) is 23.1 Å². The summed E-state index contributed by atoms with van der Waals surface area (Å²) in [7, 11) is 0. The number of aromatic nitrogens is 1. The molecule has 31 heavy (non-hydrogen) atoms. The summed E-state index contributed by atoms with van der Waals surface area (Å²) in [4.78, 5) is 56.5. The van der Waals surface area contributed by atoms with Crippen molar-refractivity contribution in [1.29, 1.82) is 0 Å². The average molecular weight is 482 g/mol. The molecule has 1 saturated heterocycles. The summed E-state index contributed by atoms with van der Waals surface area (Å²) < 4.78 is 0. The van der Waals surface area contributed by atoms with Gasteiger partial charge in [0.15, 0.2) is 12.3 Å². The summed E-state index contributed by atoms with van der Waals surface area (Å²) in [5, 5.41) is 28.7. The largest absolute Gasteiger partial charge is 1.00 e. The summed E-state index contributed by atoms with van der Waals surface area (Å²) >= 11 is 2.42. The summed E-state index contributed by atoms with van der Waals surface area (Å²) in [5.74, 6) is -4.24. The van der Waals surface area contributed by atoms with Crippen LogP contribution in [0.15, 0.2) is 40.0 Å². The van der Waals surface area contributed by atoms with Gasteiger partial charge in [0.1, 0.15) is 17.1 Å². The van der Waals surface area contributed by atoms with Gasteiger partial charge in [0.25, 0.3) is 11.8 Å². The normalized spacial score (nSPS) is 19.8. The molecule has 0 aliphatic carbocycles.